The van der Waals surface area contributed by atoms with Crippen LogP contribution in [0.1, 0.15) is 41.2 Å². The Hall–Kier alpha value is -6.70. The van der Waals surface area contributed by atoms with Gasteiger partial charge < -0.3 is 0 Å². The standard InChI is InChI=1S/C28H24N2.C20H16N2/c1-4-5-6-7-8-22-9-10-24-11-12-27(30-28(24)21(22)3)26-18-20(2)17-25(19-26)23-13-15-29-16-14-23;21-15-22-20(18-9-5-2-6-10-18)19-13-11-17(12-14-19)16-7-3-1-4-8-16/h7-19H,6H2,1-3H3;1-15,21H/b8-7-;. The number of aliphatic imine (C=N–C) groups is 1. The number of aromatic nitrogens is 2. The van der Waals surface area contributed by atoms with Gasteiger partial charge in [-0.05, 0) is 90.0 Å². The largest absolute Gasteiger partial charge is 0.290 e. The van der Waals surface area contributed by atoms with Crippen molar-refractivity contribution >= 4 is 29.0 Å². The summed E-state index contributed by atoms with van der Waals surface area (Å²) in [7, 11) is 0. The first-order chi connectivity index (χ1) is 25.5. The van der Waals surface area contributed by atoms with Crippen LogP contribution in [0.15, 0.2) is 163 Å². The van der Waals surface area contributed by atoms with Crippen LogP contribution in [0, 0.1) is 31.1 Å². The summed E-state index contributed by atoms with van der Waals surface area (Å²) in [5.74, 6) is 6.00. The molecule has 0 aliphatic carbocycles. The maximum atomic E-state index is 7.30. The zero-order valence-electron chi connectivity index (χ0n) is 29.7. The number of pyridine rings is 2. The van der Waals surface area contributed by atoms with E-state index in [-0.39, 0.29) is 0 Å². The van der Waals surface area contributed by atoms with Gasteiger partial charge in [0.05, 0.1) is 16.9 Å². The minimum Gasteiger partial charge on any atom is -0.290 e. The Morgan fingerprint density at radius 2 is 1.31 bits per heavy atom. The van der Waals surface area contributed by atoms with E-state index in [1.807, 2.05) is 80.0 Å². The van der Waals surface area contributed by atoms with Crippen LogP contribution in [-0.4, -0.2) is 22.0 Å². The topological polar surface area (TPSA) is 62.0 Å². The molecule has 0 aliphatic rings. The highest BCUT2D eigenvalue weighted by atomic mass is 14.8. The lowest BCUT2D eigenvalue weighted by Crippen LogP contribution is -2.03. The average Bonchev–Trinajstić information content (AvgIpc) is 3.20. The Balaban J connectivity index is 0.000000187. The van der Waals surface area contributed by atoms with Gasteiger partial charge in [0.2, 0.25) is 0 Å². The van der Waals surface area contributed by atoms with Gasteiger partial charge in [0, 0.05) is 40.9 Å². The van der Waals surface area contributed by atoms with E-state index in [2.05, 4.69) is 127 Å². The van der Waals surface area contributed by atoms with Crippen LogP contribution in [0.2, 0.25) is 0 Å². The summed E-state index contributed by atoms with van der Waals surface area (Å²) in [6.45, 7) is 6.14. The highest BCUT2D eigenvalue weighted by molar-refractivity contribution is 6.15. The number of benzene rings is 5. The van der Waals surface area contributed by atoms with Crippen LogP contribution >= 0.6 is 0 Å². The van der Waals surface area contributed by atoms with E-state index in [9.17, 15) is 0 Å². The van der Waals surface area contributed by atoms with Crippen molar-refractivity contribution < 1.29 is 0 Å². The third-order valence-electron chi connectivity index (χ3n) is 8.74. The van der Waals surface area contributed by atoms with Crippen LogP contribution in [0.5, 0.6) is 0 Å². The quantitative estimate of drug-likeness (QED) is 0.0992. The monoisotopic (exact) mass is 672 g/mol. The molecular weight excluding hydrogens is 633 g/mol. The highest BCUT2D eigenvalue weighted by Gasteiger charge is 2.09. The fourth-order valence-corrected chi connectivity index (χ4v) is 6.10. The molecule has 252 valence electrons. The van der Waals surface area contributed by atoms with Gasteiger partial charge in [0.1, 0.15) is 6.34 Å². The lowest BCUT2D eigenvalue weighted by Gasteiger charge is -2.11. The van der Waals surface area contributed by atoms with Crippen molar-refractivity contribution in [3.8, 4) is 45.4 Å². The molecule has 2 aromatic heterocycles. The van der Waals surface area contributed by atoms with Crippen molar-refractivity contribution in [3.63, 3.8) is 0 Å². The summed E-state index contributed by atoms with van der Waals surface area (Å²) in [4.78, 5) is 13.4. The molecular formula is C48H40N4. The van der Waals surface area contributed by atoms with Crippen LogP contribution < -0.4 is 0 Å². The fourth-order valence-electron chi connectivity index (χ4n) is 6.10. The molecule has 0 aliphatic heterocycles. The van der Waals surface area contributed by atoms with Gasteiger partial charge >= 0.3 is 0 Å². The molecule has 4 nitrogen and oxygen atoms in total. The molecule has 7 aromatic rings. The van der Waals surface area contributed by atoms with Crippen molar-refractivity contribution in [1.29, 1.82) is 5.41 Å². The third kappa shape index (κ3) is 8.71. The summed E-state index contributed by atoms with van der Waals surface area (Å²) in [6, 6.07) is 47.8. The second kappa shape index (κ2) is 17.3. The van der Waals surface area contributed by atoms with Crippen molar-refractivity contribution in [2.75, 3.05) is 0 Å². The Morgan fingerprint density at radius 1 is 0.673 bits per heavy atom. The molecule has 52 heavy (non-hydrogen) atoms. The summed E-state index contributed by atoms with van der Waals surface area (Å²) >= 11 is 0. The minimum absolute atomic E-state index is 0.766. The molecule has 1 N–H and O–H groups in total. The lowest BCUT2D eigenvalue weighted by molar-refractivity contribution is 1.32. The second-order valence-corrected chi connectivity index (χ2v) is 12.3. The van der Waals surface area contributed by atoms with Gasteiger partial charge in [-0.15, -0.1) is 5.92 Å². The molecule has 5 aromatic carbocycles. The fraction of sp³-hybridized carbons (Fsp3) is 0.0833. The van der Waals surface area contributed by atoms with Crippen molar-refractivity contribution in [2.24, 2.45) is 4.99 Å². The molecule has 0 unspecified atom stereocenters. The van der Waals surface area contributed by atoms with E-state index in [1.165, 1.54) is 33.4 Å². The molecule has 0 spiro atoms. The summed E-state index contributed by atoms with van der Waals surface area (Å²) in [6.07, 6.45) is 9.76. The first-order valence-electron chi connectivity index (χ1n) is 17.3. The zero-order chi connectivity index (χ0) is 36.1. The SMILES string of the molecule is CC#CC/C=C\c1ccc2ccc(-c3cc(C)cc(-c4ccncc4)c3)nc2c1C.N=CN=C(c1ccccc1)c1ccc(-c2ccccc2)cc1. The molecule has 0 fully saturated rings. The average molecular weight is 673 g/mol. The smallest absolute Gasteiger partial charge is 0.107 e. The van der Waals surface area contributed by atoms with Gasteiger partial charge in [0.25, 0.3) is 0 Å². The van der Waals surface area contributed by atoms with Crippen molar-refractivity contribution in [3.05, 3.63) is 186 Å². The molecule has 0 bridgehead atoms. The maximum Gasteiger partial charge on any atom is 0.107 e. The third-order valence-corrected chi connectivity index (χ3v) is 8.74. The maximum absolute atomic E-state index is 7.30. The number of hydrogen-bond acceptors (Lipinski definition) is 3. The molecule has 2 heterocycles. The molecule has 0 amide bonds. The minimum atomic E-state index is 0.766. The number of nitrogens with one attached hydrogen (secondary N) is 1. The predicted octanol–water partition coefficient (Wildman–Crippen LogP) is 11.8. The Bertz CT molecular complexity index is 2400. The predicted molar refractivity (Wildman–Crippen MR) is 220 cm³/mol. The number of fused-ring (bicyclic) bond motifs is 1. The molecule has 7 rings (SSSR count). The summed E-state index contributed by atoms with van der Waals surface area (Å²) < 4.78 is 0. The number of hydrogen-bond donors (Lipinski definition) is 1. The number of nitrogens with zero attached hydrogens (tertiary/aromatic N) is 3. The van der Waals surface area contributed by atoms with Crippen LogP contribution in [0.25, 0.3) is 50.5 Å². The van der Waals surface area contributed by atoms with Gasteiger partial charge in [0.15, 0.2) is 0 Å². The Kier molecular flexibility index (Phi) is 11.7. The Labute approximate surface area is 306 Å². The van der Waals surface area contributed by atoms with E-state index >= 15 is 0 Å². The summed E-state index contributed by atoms with van der Waals surface area (Å²) in [5, 5.41) is 8.45. The molecule has 0 radical (unpaired) electrons. The Morgan fingerprint density at radius 3 is 2.02 bits per heavy atom. The van der Waals surface area contributed by atoms with Crippen molar-refractivity contribution in [2.45, 2.75) is 27.2 Å². The van der Waals surface area contributed by atoms with E-state index in [0.29, 0.717) is 0 Å². The van der Waals surface area contributed by atoms with E-state index < -0.39 is 0 Å². The second-order valence-electron chi connectivity index (χ2n) is 12.3. The number of aryl methyl sites for hydroxylation is 2. The van der Waals surface area contributed by atoms with Gasteiger partial charge in [-0.25, -0.2) is 9.98 Å². The number of rotatable bonds is 8. The van der Waals surface area contributed by atoms with Crippen LogP contribution in [0.3, 0.4) is 0 Å². The van der Waals surface area contributed by atoms with E-state index in [4.69, 9.17) is 10.4 Å². The summed E-state index contributed by atoms with van der Waals surface area (Å²) in [5.41, 5.74) is 14.3. The van der Waals surface area contributed by atoms with Gasteiger partial charge in [-0.1, -0.05) is 127 Å². The first-order valence-corrected chi connectivity index (χ1v) is 17.3. The van der Waals surface area contributed by atoms with Crippen LogP contribution in [0.4, 0.5) is 0 Å². The van der Waals surface area contributed by atoms with E-state index in [0.717, 1.165) is 57.3 Å². The molecule has 0 saturated heterocycles. The molecule has 0 atom stereocenters. The van der Waals surface area contributed by atoms with Crippen molar-refractivity contribution in [1.82, 2.24) is 9.97 Å². The zero-order valence-corrected chi connectivity index (χ0v) is 29.7. The number of allylic oxidation sites excluding steroid dienone is 1. The molecule has 4 heteroatoms. The van der Waals surface area contributed by atoms with Crippen LogP contribution in [-0.2, 0) is 0 Å². The normalized spacial score (nSPS) is 11.0. The van der Waals surface area contributed by atoms with Gasteiger partial charge in [-0.3, -0.25) is 10.4 Å². The first kappa shape index (κ1) is 35.1. The molecule has 0 saturated carbocycles. The highest BCUT2D eigenvalue weighted by Crippen LogP contribution is 2.30. The lowest BCUT2D eigenvalue weighted by atomic mass is 9.98. The van der Waals surface area contributed by atoms with E-state index in [1.54, 1.807) is 0 Å². The van der Waals surface area contributed by atoms with Gasteiger partial charge in [-0.2, -0.15) is 0 Å².